The van der Waals surface area contributed by atoms with Gasteiger partial charge in [-0.15, -0.1) is 0 Å². The first-order chi connectivity index (χ1) is 11.6. The Morgan fingerprint density at radius 2 is 1.96 bits per heavy atom. The van der Waals surface area contributed by atoms with Crippen molar-refractivity contribution in [2.45, 2.75) is 19.8 Å². The number of benzene rings is 2. The normalized spacial score (nSPS) is 10.8. The number of methoxy groups -OCH3 is 1. The molecule has 0 aliphatic rings. The minimum absolute atomic E-state index is 0.00202. The molecule has 0 saturated heterocycles. The SMILES string of the molecule is COc1ccc(CCC(=O)Nc2ccc3c(c2)nc(C)n3C)cc1. The first kappa shape index (κ1) is 16.1. The Bertz CT molecular complexity index is 866. The Morgan fingerprint density at radius 1 is 1.21 bits per heavy atom. The van der Waals surface area contributed by atoms with Gasteiger partial charge in [-0.3, -0.25) is 4.79 Å². The van der Waals surface area contributed by atoms with Gasteiger partial charge in [0.1, 0.15) is 11.6 Å². The number of hydrogen-bond acceptors (Lipinski definition) is 3. The van der Waals surface area contributed by atoms with Crippen molar-refractivity contribution >= 4 is 22.6 Å². The largest absolute Gasteiger partial charge is 0.497 e. The van der Waals surface area contributed by atoms with E-state index in [1.807, 2.05) is 61.0 Å². The molecule has 1 heterocycles. The van der Waals surface area contributed by atoms with Gasteiger partial charge in [-0.25, -0.2) is 4.98 Å². The maximum absolute atomic E-state index is 12.2. The first-order valence-corrected chi connectivity index (χ1v) is 7.92. The average molecular weight is 323 g/mol. The molecule has 3 aromatic rings. The van der Waals surface area contributed by atoms with E-state index in [-0.39, 0.29) is 5.91 Å². The molecule has 0 aliphatic heterocycles. The quantitative estimate of drug-likeness (QED) is 0.782. The van der Waals surface area contributed by atoms with Gasteiger partial charge in [-0.2, -0.15) is 0 Å². The van der Waals surface area contributed by atoms with Crippen molar-refractivity contribution in [3.8, 4) is 5.75 Å². The number of imidazole rings is 1. The highest BCUT2D eigenvalue weighted by Crippen LogP contribution is 2.20. The standard InChI is InChI=1S/C19H21N3O2/c1-13-20-17-12-15(7-10-18(17)22(13)2)21-19(23)11-6-14-4-8-16(24-3)9-5-14/h4-5,7-10,12H,6,11H2,1-3H3,(H,21,23). The number of rotatable bonds is 5. The number of aromatic nitrogens is 2. The zero-order valence-electron chi connectivity index (χ0n) is 14.2. The lowest BCUT2D eigenvalue weighted by Gasteiger charge is -2.06. The van der Waals surface area contributed by atoms with Crippen molar-refractivity contribution in [2.24, 2.45) is 7.05 Å². The van der Waals surface area contributed by atoms with E-state index in [0.29, 0.717) is 12.8 Å². The van der Waals surface area contributed by atoms with E-state index in [9.17, 15) is 4.79 Å². The van der Waals surface area contributed by atoms with Gasteiger partial charge in [0.15, 0.2) is 0 Å². The third kappa shape index (κ3) is 3.40. The summed E-state index contributed by atoms with van der Waals surface area (Å²) in [6.45, 7) is 1.97. The molecular weight excluding hydrogens is 302 g/mol. The van der Waals surface area contributed by atoms with Gasteiger partial charge < -0.3 is 14.6 Å². The number of amides is 1. The fraction of sp³-hybridized carbons (Fsp3) is 0.263. The van der Waals surface area contributed by atoms with Crippen molar-refractivity contribution in [3.63, 3.8) is 0 Å². The van der Waals surface area contributed by atoms with E-state index in [1.54, 1.807) is 7.11 Å². The maximum atomic E-state index is 12.2. The average Bonchev–Trinajstić information content (AvgIpc) is 2.87. The van der Waals surface area contributed by atoms with Crippen LogP contribution in [0.2, 0.25) is 0 Å². The molecule has 0 spiro atoms. The summed E-state index contributed by atoms with van der Waals surface area (Å²) >= 11 is 0. The van der Waals surface area contributed by atoms with E-state index in [1.165, 1.54) is 0 Å². The molecule has 24 heavy (non-hydrogen) atoms. The maximum Gasteiger partial charge on any atom is 0.224 e. The molecule has 1 N–H and O–H groups in total. The summed E-state index contributed by atoms with van der Waals surface area (Å²) < 4.78 is 7.16. The van der Waals surface area contributed by atoms with E-state index in [0.717, 1.165) is 33.9 Å². The second kappa shape index (κ2) is 6.74. The molecule has 0 unspecified atom stereocenters. The Hall–Kier alpha value is -2.82. The molecule has 5 heteroatoms. The van der Waals surface area contributed by atoms with Crippen molar-refractivity contribution in [2.75, 3.05) is 12.4 Å². The van der Waals surface area contributed by atoms with E-state index >= 15 is 0 Å². The highest BCUT2D eigenvalue weighted by molar-refractivity contribution is 5.93. The topological polar surface area (TPSA) is 56.1 Å². The number of ether oxygens (including phenoxy) is 1. The van der Waals surface area contributed by atoms with E-state index in [2.05, 4.69) is 10.3 Å². The number of anilines is 1. The molecule has 2 aromatic carbocycles. The van der Waals surface area contributed by atoms with Crippen LogP contribution < -0.4 is 10.1 Å². The van der Waals surface area contributed by atoms with Crippen LogP contribution in [0.5, 0.6) is 5.75 Å². The van der Waals surface area contributed by atoms with Gasteiger partial charge >= 0.3 is 0 Å². The van der Waals surface area contributed by atoms with E-state index < -0.39 is 0 Å². The number of nitrogens with zero attached hydrogens (tertiary/aromatic N) is 2. The van der Waals surface area contributed by atoms with Crippen LogP contribution in [0.4, 0.5) is 5.69 Å². The lowest BCUT2D eigenvalue weighted by Crippen LogP contribution is -2.12. The molecule has 1 aromatic heterocycles. The molecule has 1 amide bonds. The first-order valence-electron chi connectivity index (χ1n) is 7.92. The molecule has 124 valence electrons. The summed E-state index contributed by atoms with van der Waals surface area (Å²) in [6.07, 6.45) is 1.13. The van der Waals surface area contributed by atoms with Crippen molar-refractivity contribution < 1.29 is 9.53 Å². The molecule has 0 bridgehead atoms. The summed E-state index contributed by atoms with van der Waals surface area (Å²) in [7, 11) is 3.63. The van der Waals surface area contributed by atoms with E-state index in [4.69, 9.17) is 4.74 Å². The number of nitrogens with one attached hydrogen (secondary N) is 1. The van der Waals surface area contributed by atoms with Crippen LogP contribution in [-0.4, -0.2) is 22.6 Å². The molecule has 5 nitrogen and oxygen atoms in total. The van der Waals surface area contributed by atoms with Gasteiger partial charge in [-0.05, 0) is 49.2 Å². The van der Waals surface area contributed by atoms with Crippen molar-refractivity contribution in [1.82, 2.24) is 9.55 Å². The lowest BCUT2D eigenvalue weighted by molar-refractivity contribution is -0.116. The molecule has 0 saturated carbocycles. The highest BCUT2D eigenvalue weighted by Gasteiger charge is 2.07. The summed E-state index contributed by atoms with van der Waals surface area (Å²) in [4.78, 5) is 16.6. The zero-order chi connectivity index (χ0) is 17.1. The fourth-order valence-electron chi connectivity index (χ4n) is 2.67. The number of carbonyl (C=O) groups is 1. The summed E-state index contributed by atoms with van der Waals surface area (Å²) in [5.41, 5.74) is 3.84. The smallest absolute Gasteiger partial charge is 0.224 e. The molecule has 3 rings (SSSR count). The fourth-order valence-corrected chi connectivity index (χ4v) is 2.67. The van der Waals surface area contributed by atoms with Gasteiger partial charge in [0.25, 0.3) is 0 Å². The van der Waals surface area contributed by atoms with Crippen LogP contribution in [0.25, 0.3) is 11.0 Å². The number of carbonyl (C=O) groups excluding carboxylic acids is 1. The Labute approximate surface area is 141 Å². The van der Waals surface area contributed by atoms with Gasteiger partial charge in [-0.1, -0.05) is 12.1 Å². The summed E-state index contributed by atoms with van der Waals surface area (Å²) in [5.74, 6) is 1.77. The van der Waals surface area contributed by atoms with Gasteiger partial charge in [0.05, 0.1) is 18.1 Å². The van der Waals surface area contributed by atoms with Gasteiger partial charge in [0, 0.05) is 19.2 Å². The molecule has 0 radical (unpaired) electrons. The third-order valence-electron chi connectivity index (χ3n) is 4.19. The highest BCUT2D eigenvalue weighted by atomic mass is 16.5. The number of hydrogen-bond donors (Lipinski definition) is 1. The minimum atomic E-state index is -0.00202. The predicted octanol–water partition coefficient (Wildman–Crippen LogP) is 3.46. The number of aryl methyl sites for hydroxylation is 3. The Kier molecular flexibility index (Phi) is 4.51. The van der Waals surface area contributed by atoms with Crippen LogP contribution in [0.15, 0.2) is 42.5 Å². The molecule has 0 aliphatic carbocycles. The zero-order valence-corrected chi connectivity index (χ0v) is 14.2. The minimum Gasteiger partial charge on any atom is -0.497 e. The summed E-state index contributed by atoms with van der Waals surface area (Å²) in [5, 5.41) is 2.94. The molecular formula is C19H21N3O2. The van der Waals surface area contributed by atoms with Gasteiger partial charge in [0.2, 0.25) is 5.91 Å². The van der Waals surface area contributed by atoms with Crippen molar-refractivity contribution in [3.05, 3.63) is 53.9 Å². The predicted molar refractivity (Wildman–Crippen MR) is 95.4 cm³/mol. The summed E-state index contributed by atoms with van der Waals surface area (Å²) in [6, 6.07) is 13.6. The van der Waals surface area contributed by atoms with Crippen LogP contribution >= 0.6 is 0 Å². The third-order valence-corrected chi connectivity index (χ3v) is 4.19. The monoisotopic (exact) mass is 323 g/mol. The molecule has 0 fully saturated rings. The van der Waals surface area contributed by atoms with Crippen LogP contribution in [0.3, 0.4) is 0 Å². The lowest BCUT2D eigenvalue weighted by atomic mass is 10.1. The second-order valence-corrected chi connectivity index (χ2v) is 5.82. The Balaban J connectivity index is 1.61. The van der Waals surface area contributed by atoms with Crippen molar-refractivity contribution in [1.29, 1.82) is 0 Å². The van der Waals surface area contributed by atoms with Crippen LogP contribution in [0, 0.1) is 6.92 Å². The molecule has 0 atom stereocenters. The van der Waals surface area contributed by atoms with Crippen LogP contribution in [-0.2, 0) is 18.3 Å². The Morgan fingerprint density at radius 3 is 2.67 bits per heavy atom. The van der Waals surface area contributed by atoms with Crippen LogP contribution in [0.1, 0.15) is 17.8 Å². The second-order valence-electron chi connectivity index (χ2n) is 5.82. The number of fused-ring (bicyclic) bond motifs is 1.